The van der Waals surface area contributed by atoms with Crippen LogP contribution in [0.5, 0.6) is 0 Å². The molecular formula is C18H17N3O3. The van der Waals surface area contributed by atoms with Crippen molar-refractivity contribution in [3.05, 3.63) is 48.4 Å². The van der Waals surface area contributed by atoms with Crippen molar-refractivity contribution in [2.24, 2.45) is 11.8 Å². The maximum absolute atomic E-state index is 12.4. The second-order valence-corrected chi connectivity index (χ2v) is 6.11. The number of aromatic nitrogens is 2. The molecule has 0 bridgehead atoms. The van der Waals surface area contributed by atoms with Gasteiger partial charge in [0.2, 0.25) is 23.5 Å². The lowest BCUT2D eigenvalue weighted by molar-refractivity contribution is -0.139. The van der Waals surface area contributed by atoms with E-state index in [1.165, 1.54) is 4.90 Å². The first kappa shape index (κ1) is 14.8. The average molecular weight is 323 g/mol. The normalized spacial score (nSPS) is 22.9. The molecule has 2 amide bonds. The van der Waals surface area contributed by atoms with Crippen molar-refractivity contribution >= 4 is 11.8 Å². The Kier molecular flexibility index (Phi) is 3.72. The monoisotopic (exact) mass is 323 g/mol. The SMILES string of the molecule is O=C1[C@H]2CC=CC[C@H]2C(=O)N1CCc1nc(-c2ccccc2)no1. The number of rotatable bonds is 4. The van der Waals surface area contributed by atoms with Gasteiger partial charge in [-0.15, -0.1) is 0 Å². The summed E-state index contributed by atoms with van der Waals surface area (Å²) < 4.78 is 5.25. The number of hydrogen-bond donors (Lipinski definition) is 0. The first-order valence-electron chi connectivity index (χ1n) is 8.12. The van der Waals surface area contributed by atoms with Crippen molar-refractivity contribution < 1.29 is 14.1 Å². The van der Waals surface area contributed by atoms with Crippen LogP contribution in [0.15, 0.2) is 47.0 Å². The molecule has 0 spiro atoms. The van der Waals surface area contributed by atoms with Crippen LogP contribution in [-0.2, 0) is 16.0 Å². The third-order valence-electron chi connectivity index (χ3n) is 4.65. The molecule has 0 unspecified atom stereocenters. The average Bonchev–Trinajstić information content (AvgIpc) is 3.19. The largest absolute Gasteiger partial charge is 0.339 e. The molecular weight excluding hydrogens is 306 g/mol. The van der Waals surface area contributed by atoms with Crippen molar-refractivity contribution in [2.45, 2.75) is 19.3 Å². The number of carbonyl (C=O) groups is 2. The van der Waals surface area contributed by atoms with E-state index in [0.717, 1.165) is 5.56 Å². The van der Waals surface area contributed by atoms with Crippen LogP contribution in [0, 0.1) is 11.8 Å². The van der Waals surface area contributed by atoms with Crippen LogP contribution in [0.4, 0.5) is 0 Å². The predicted molar refractivity (Wildman–Crippen MR) is 85.5 cm³/mol. The number of fused-ring (bicyclic) bond motifs is 1. The van der Waals surface area contributed by atoms with E-state index in [0.29, 0.717) is 37.5 Å². The molecule has 1 aromatic carbocycles. The van der Waals surface area contributed by atoms with E-state index in [2.05, 4.69) is 10.1 Å². The molecule has 6 nitrogen and oxygen atoms in total. The molecule has 2 heterocycles. The van der Waals surface area contributed by atoms with Gasteiger partial charge in [-0.05, 0) is 12.8 Å². The Bertz CT molecular complexity index is 771. The van der Waals surface area contributed by atoms with Crippen LogP contribution < -0.4 is 0 Å². The van der Waals surface area contributed by atoms with Crippen LogP contribution in [0.1, 0.15) is 18.7 Å². The summed E-state index contributed by atoms with van der Waals surface area (Å²) in [5.41, 5.74) is 0.873. The minimum Gasteiger partial charge on any atom is -0.339 e. The Morgan fingerprint density at radius 1 is 1.04 bits per heavy atom. The number of hydrogen-bond acceptors (Lipinski definition) is 5. The highest BCUT2D eigenvalue weighted by molar-refractivity contribution is 6.05. The van der Waals surface area contributed by atoms with Crippen LogP contribution in [0.25, 0.3) is 11.4 Å². The Morgan fingerprint density at radius 2 is 1.71 bits per heavy atom. The number of likely N-dealkylation sites (tertiary alicyclic amines) is 1. The van der Waals surface area contributed by atoms with Gasteiger partial charge in [0.25, 0.3) is 0 Å². The summed E-state index contributed by atoms with van der Waals surface area (Å²) in [6, 6.07) is 9.54. The van der Waals surface area contributed by atoms with E-state index < -0.39 is 0 Å². The minimum absolute atomic E-state index is 0.0721. The Morgan fingerprint density at radius 3 is 2.38 bits per heavy atom. The standard InChI is InChI=1S/C18H17N3O3/c22-17-13-8-4-5-9-14(13)18(23)21(17)11-10-15-19-16(20-24-15)12-6-2-1-3-7-12/h1-7,13-14H,8-11H2/t13-,14+. The van der Waals surface area contributed by atoms with E-state index in [1.54, 1.807) is 0 Å². The summed E-state index contributed by atoms with van der Waals surface area (Å²) in [5, 5.41) is 3.96. The first-order valence-corrected chi connectivity index (χ1v) is 8.12. The molecule has 1 fully saturated rings. The molecule has 1 aliphatic carbocycles. The maximum Gasteiger partial charge on any atom is 0.233 e. The quantitative estimate of drug-likeness (QED) is 0.637. The zero-order valence-corrected chi connectivity index (χ0v) is 13.1. The molecule has 122 valence electrons. The second kappa shape index (κ2) is 6.03. The third-order valence-corrected chi connectivity index (χ3v) is 4.65. The van der Waals surface area contributed by atoms with Crippen LogP contribution in [0.2, 0.25) is 0 Å². The fourth-order valence-electron chi connectivity index (χ4n) is 3.36. The Balaban J connectivity index is 1.43. The number of carbonyl (C=O) groups excluding carboxylic acids is 2. The van der Waals surface area contributed by atoms with Gasteiger partial charge in [-0.2, -0.15) is 4.98 Å². The summed E-state index contributed by atoms with van der Waals surface area (Å²) in [4.78, 5) is 30.5. The predicted octanol–water partition coefficient (Wildman–Crippen LogP) is 2.23. The van der Waals surface area contributed by atoms with Gasteiger partial charge in [-0.1, -0.05) is 47.6 Å². The lowest BCUT2D eigenvalue weighted by Gasteiger charge is -2.14. The fourth-order valence-corrected chi connectivity index (χ4v) is 3.36. The highest BCUT2D eigenvalue weighted by atomic mass is 16.5. The Hall–Kier alpha value is -2.76. The summed E-state index contributed by atoms with van der Waals surface area (Å²) in [6.45, 7) is 0.293. The van der Waals surface area contributed by atoms with Crippen molar-refractivity contribution in [2.75, 3.05) is 6.54 Å². The molecule has 2 aliphatic rings. The summed E-state index contributed by atoms with van der Waals surface area (Å²) >= 11 is 0. The fraction of sp³-hybridized carbons (Fsp3) is 0.333. The molecule has 1 aromatic heterocycles. The number of allylic oxidation sites excluding steroid dienone is 2. The zero-order valence-electron chi connectivity index (χ0n) is 13.1. The second-order valence-electron chi connectivity index (χ2n) is 6.11. The summed E-state index contributed by atoms with van der Waals surface area (Å²) in [5.74, 6) is 0.425. The van der Waals surface area contributed by atoms with Gasteiger partial charge in [0.1, 0.15) is 0 Å². The third kappa shape index (κ3) is 2.54. The van der Waals surface area contributed by atoms with Gasteiger partial charge in [0.05, 0.1) is 11.8 Å². The molecule has 2 atom stereocenters. The lowest BCUT2D eigenvalue weighted by Crippen LogP contribution is -2.33. The van der Waals surface area contributed by atoms with Gasteiger partial charge < -0.3 is 4.52 Å². The van der Waals surface area contributed by atoms with Gasteiger partial charge in [0, 0.05) is 18.5 Å². The molecule has 0 saturated carbocycles. The Labute approximate surface area is 139 Å². The van der Waals surface area contributed by atoms with Gasteiger partial charge in [-0.25, -0.2) is 0 Å². The highest BCUT2D eigenvalue weighted by Gasteiger charge is 2.46. The summed E-state index contributed by atoms with van der Waals surface area (Å²) in [7, 11) is 0. The van der Waals surface area contributed by atoms with Crippen molar-refractivity contribution in [1.29, 1.82) is 0 Å². The number of imide groups is 1. The van der Waals surface area contributed by atoms with E-state index in [1.807, 2.05) is 42.5 Å². The molecule has 4 rings (SSSR count). The van der Waals surface area contributed by atoms with Gasteiger partial charge >= 0.3 is 0 Å². The molecule has 0 radical (unpaired) electrons. The summed E-state index contributed by atoms with van der Waals surface area (Å²) in [6.07, 6.45) is 5.67. The molecule has 24 heavy (non-hydrogen) atoms. The van der Waals surface area contributed by atoms with Crippen molar-refractivity contribution in [1.82, 2.24) is 15.0 Å². The topological polar surface area (TPSA) is 76.3 Å². The molecule has 1 aliphatic heterocycles. The van der Waals surface area contributed by atoms with Crippen molar-refractivity contribution in [3.8, 4) is 11.4 Å². The van der Waals surface area contributed by atoms with E-state index >= 15 is 0 Å². The number of nitrogens with zero attached hydrogens (tertiary/aromatic N) is 3. The van der Waals surface area contributed by atoms with Crippen LogP contribution in [-0.4, -0.2) is 33.4 Å². The van der Waals surface area contributed by atoms with E-state index in [9.17, 15) is 9.59 Å². The lowest BCUT2D eigenvalue weighted by atomic mass is 9.85. The first-order chi connectivity index (χ1) is 11.7. The van der Waals surface area contributed by atoms with Gasteiger partial charge in [0.15, 0.2) is 0 Å². The zero-order chi connectivity index (χ0) is 16.5. The maximum atomic E-state index is 12.4. The van der Waals surface area contributed by atoms with Crippen LogP contribution >= 0.6 is 0 Å². The number of benzene rings is 1. The van der Waals surface area contributed by atoms with Crippen LogP contribution in [0.3, 0.4) is 0 Å². The van der Waals surface area contributed by atoms with Gasteiger partial charge in [-0.3, -0.25) is 14.5 Å². The molecule has 2 aromatic rings. The molecule has 0 N–H and O–H groups in total. The van der Waals surface area contributed by atoms with E-state index in [4.69, 9.17) is 4.52 Å². The van der Waals surface area contributed by atoms with Crippen molar-refractivity contribution in [3.63, 3.8) is 0 Å². The molecule has 6 heteroatoms. The smallest absolute Gasteiger partial charge is 0.233 e. The molecule has 1 saturated heterocycles. The minimum atomic E-state index is -0.190. The van der Waals surface area contributed by atoms with E-state index in [-0.39, 0.29) is 23.7 Å². The highest BCUT2D eigenvalue weighted by Crippen LogP contribution is 2.35. The number of amides is 2.